The van der Waals surface area contributed by atoms with Crippen molar-refractivity contribution in [1.82, 2.24) is 0 Å². The Kier molecular flexibility index (Phi) is 7.17. The first-order valence-electron chi connectivity index (χ1n) is 4.36. The molecule has 0 amide bonds. The van der Waals surface area contributed by atoms with Crippen molar-refractivity contribution in [2.75, 3.05) is 20.8 Å². The van der Waals surface area contributed by atoms with E-state index in [1.807, 2.05) is 6.92 Å². The van der Waals surface area contributed by atoms with Crippen molar-refractivity contribution >= 4 is 9.28 Å². The Labute approximate surface area is 82.5 Å². The van der Waals surface area contributed by atoms with Gasteiger partial charge in [0.1, 0.15) is 5.73 Å². The van der Waals surface area contributed by atoms with Gasteiger partial charge in [-0.2, -0.15) is 0 Å². The Balaban J connectivity index is 3.92. The molecule has 13 heavy (non-hydrogen) atoms. The Hall–Kier alpha value is -0.163. The van der Waals surface area contributed by atoms with Gasteiger partial charge in [-0.3, -0.25) is 0 Å². The minimum absolute atomic E-state index is 0.0803. The fourth-order valence-corrected chi connectivity index (χ4v) is 2.19. The van der Waals surface area contributed by atoms with Gasteiger partial charge in [-0.15, -0.1) is 0 Å². The predicted molar refractivity (Wildman–Crippen MR) is 54.6 cm³/mol. The van der Waals surface area contributed by atoms with Crippen molar-refractivity contribution in [3.63, 3.8) is 0 Å². The molecule has 0 saturated heterocycles. The second-order valence-electron chi connectivity index (χ2n) is 2.89. The molecule has 1 unspecified atom stereocenters. The molecular weight excluding hydrogens is 184 g/mol. The van der Waals surface area contributed by atoms with Crippen molar-refractivity contribution in [3.05, 3.63) is 12.2 Å². The van der Waals surface area contributed by atoms with E-state index in [2.05, 4.69) is 13.5 Å². The van der Waals surface area contributed by atoms with Gasteiger partial charge in [0.2, 0.25) is 0 Å². The smallest absolute Gasteiger partial charge is 0.395 e. The van der Waals surface area contributed by atoms with Crippen LogP contribution in [0.15, 0.2) is 12.2 Å². The molecule has 0 aromatic heterocycles. The lowest BCUT2D eigenvalue weighted by molar-refractivity contribution is 0.0831. The monoisotopic (exact) mass is 203 g/mol. The summed E-state index contributed by atoms with van der Waals surface area (Å²) in [6.45, 7) is 8.36. The molecule has 77 valence electrons. The zero-order chi connectivity index (χ0) is 10.3. The van der Waals surface area contributed by atoms with Gasteiger partial charge in [0.15, 0.2) is 0 Å². The van der Waals surface area contributed by atoms with Crippen LogP contribution in [-0.2, 0) is 13.6 Å². The van der Waals surface area contributed by atoms with Gasteiger partial charge in [-0.25, -0.2) is 0 Å². The van der Waals surface area contributed by atoms with Crippen LogP contribution in [0.1, 0.15) is 20.3 Å². The maximum Gasteiger partial charge on any atom is 0.416 e. The minimum Gasteiger partial charge on any atom is -0.395 e. The van der Waals surface area contributed by atoms with Crippen molar-refractivity contribution in [1.29, 1.82) is 0 Å². The molecule has 3 nitrogen and oxygen atoms in total. The van der Waals surface area contributed by atoms with E-state index in [-0.39, 0.29) is 5.73 Å². The highest BCUT2D eigenvalue weighted by atomic mass is 28.3. The van der Waals surface area contributed by atoms with Crippen molar-refractivity contribution in [2.24, 2.45) is 0 Å². The van der Waals surface area contributed by atoms with E-state index in [4.69, 9.17) is 13.6 Å². The van der Waals surface area contributed by atoms with Gasteiger partial charge < -0.3 is 13.6 Å². The molecule has 4 heteroatoms. The number of hydrogen-bond donors (Lipinski definition) is 0. The third-order valence-electron chi connectivity index (χ3n) is 1.57. The number of hydrogen-bond acceptors (Lipinski definition) is 3. The summed E-state index contributed by atoms with van der Waals surface area (Å²) in [4.78, 5) is 0. The van der Waals surface area contributed by atoms with E-state index in [0.29, 0.717) is 6.61 Å². The maximum absolute atomic E-state index is 5.59. The molecule has 0 aliphatic rings. The fraction of sp³-hybridized carbons (Fsp3) is 0.778. The van der Waals surface area contributed by atoms with Crippen molar-refractivity contribution in [2.45, 2.75) is 26.0 Å². The van der Waals surface area contributed by atoms with Crippen LogP contribution in [0.5, 0.6) is 0 Å². The third-order valence-corrected chi connectivity index (χ3v) is 3.47. The molecular formula is C9H19O3Si. The highest BCUT2D eigenvalue weighted by Gasteiger charge is 2.25. The summed E-state index contributed by atoms with van der Waals surface area (Å²) in [6, 6.07) is 0. The van der Waals surface area contributed by atoms with Crippen molar-refractivity contribution < 1.29 is 13.6 Å². The summed E-state index contributed by atoms with van der Waals surface area (Å²) < 4.78 is 16.0. The lowest BCUT2D eigenvalue weighted by atomic mass is 10.4. The number of ether oxygens (including phenoxy) is 1. The molecule has 0 N–H and O–H groups in total. The highest BCUT2D eigenvalue weighted by molar-refractivity contribution is 6.45. The fourth-order valence-electron chi connectivity index (χ4n) is 0.942. The maximum atomic E-state index is 5.59. The summed E-state index contributed by atoms with van der Waals surface area (Å²) in [6.07, 6.45) is 0.906. The van der Waals surface area contributed by atoms with Crippen LogP contribution < -0.4 is 0 Å². The first kappa shape index (κ1) is 12.8. The summed E-state index contributed by atoms with van der Waals surface area (Å²) >= 11 is 0. The largest absolute Gasteiger partial charge is 0.416 e. The molecule has 0 fully saturated rings. The standard InChI is InChI=1S/C9H19O3Si/c1-6-9(12-7-8(2)3)13(10-4)11-5/h9H,2,6-7H2,1,3-5H3. The van der Waals surface area contributed by atoms with E-state index in [1.165, 1.54) is 0 Å². The average molecular weight is 203 g/mol. The minimum atomic E-state index is -1.27. The van der Waals surface area contributed by atoms with Gasteiger partial charge in [0, 0.05) is 14.2 Å². The van der Waals surface area contributed by atoms with Crippen LogP contribution in [0.4, 0.5) is 0 Å². The molecule has 0 heterocycles. The van der Waals surface area contributed by atoms with Crippen molar-refractivity contribution in [3.8, 4) is 0 Å². The second-order valence-corrected chi connectivity index (χ2v) is 4.99. The molecule has 0 rings (SSSR count). The quantitative estimate of drug-likeness (QED) is 0.465. The summed E-state index contributed by atoms with van der Waals surface area (Å²) in [7, 11) is 2.04. The normalized spacial score (nSPS) is 13.3. The molecule has 0 saturated carbocycles. The van der Waals surface area contributed by atoms with E-state index >= 15 is 0 Å². The van der Waals surface area contributed by atoms with Crippen LogP contribution in [-0.4, -0.2) is 35.8 Å². The molecule has 0 aliphatic heterocycles. The highest BCUT2D eigenvalue weighted by Crippen LogP contribution is 2.06. The third kappa shape index (κ3) is 5.20. The number of rotatable bonds is 7. The van der Waals surface area contributed by atoms with E-state index in [1.54, 1.807) is 14.2 Å². The summed E-state index contributed by atoms with van der Waals surface area (Å²) in [5.41, 5.74) is 1.10. The Morgan fingerprint density at radius 3 is 2.23 bits per heavy atom. The van der Waals surface area contributed by atoms with Crippen LogP contribution in [0.25, 0.3) is 0 Å². The topological polar surface area (TPSA) is 27.7 Å². The van der Waals surface area contributed by atoms with Crippen LogP contribution >= 0.6 is 0 Å². The van der Waals surface area contributed by atoms with E-state index < -0.39 is 9.28 Å². The zero-order valence-corrected chi connectivity index (χ0v) is 9.92. The lowest BCUT2D eigenvalue weighted by Crippen LogP contribution is -2.37. The first-order chi connectivity index (χ1) is 6.15. The first-order valence-corrected chi connectivity index (χ1v) is 5.75. The van der Waals surface area contributed by atoms with Crippen LogP contribution in [0.2, 0.25) is 0 Å². The van der Waals surface area contributed by atoms with Crippen LogP contribution in [0.3, 0.4) is 0 Å². The molecule has 1 radical (unpaired) electrons. The Morgan fingerprint density at radius 2 is 1.92 bits per heavy atom. The van der Waals surface area contributed by atoms with Gasteiger partial charge in [0.05, 0.1) is 6.61 Å². The molecule has 0 aromatic rings. The molecule has 0 aromatic carbocycles. The van der Waals surface area contributed by atoms with E-state index in [0.717, 1.165) is 12.0 Å². The average Bonchev–Trinajstić information content (AvgIpc) is 2.11. The molecule has 0 bridgehead atoms. The van der Waals surface area contributed by atoms with Gasteiger partial charge >= 0.3 is 9.28 Å². The molecule has 0 spiro atoms. The molecule has 0 aliphatic carbocycles. The summed E-state index contributed by atoms with van der Waals surface area (Å²) in [5, 5.41) is 0. The second kappa shape index (κ2) is 7.26. The Bertz CT molecular complexity index is 146. The van der Waals surface area contributed by atoms with Gasteiger partial charge in [0.25, 0.3) is 0 Å². The van der Waals surface area contributed by atoms with Crippen LogP contribution in [0, 0.1) is 0 Å². The van der Waals surface area contributed by atoms with E-state index in [9.17, 15) is 0 Å². The predicted octanol–water partition coefficient (Wildman–Crippen LogP) is 1.68. The molecule has 1 atom stereocenters. The summed E-state index contributed by atoms with van der Waals surface area (Å²) in [5.74, 6) is 0. The Morgan fingerprint density at radius 1 is 1.38 bits per heavy atom. The van der Waals surface area contributed by atoms with Gasteiger partial charge in [-0.1, -0.05) is 19.1 Å². The zero-order valence-electron chi connectivity index (χ0n) is 8.92. The SMILES string of the molecule is C=C(C)COC(CC)[Si](OC)OC. The van der Waals surface area contributed by atoms with Gasteiger partial charge in [-0.05, 0) is 13.3 Å². The lowest BCUT2D eigenvalue weighted by Gasteiger charge is -2.20.